The number of hydrogen-bond donors (Lipinski definition) is 0. The molecular formula is C73H52N4. The van der Waals surface area contributed by atoms with Crippen molar-refractivity contribution in [2.45, 2.75) is 5.41 Å². The molecule has 0 amide bonds. The van der Waals surface area contributed by atoms with Crippen LogP contribution in [0.2, 0.25) is 0 Å². The summed E-state index contributed by atoms with van der Waals surface area (Å²) in [7, 11) is 0. The highest BCUT2D eigenvalue weighted by Gasteiger charge is 2.51. The Bertz CT molecular complexity index is 3600. The first-order chi connectivity index (χ1) is 38.2. The number of fused-ring (bicyclic) bond motifs is 12. The lowest BCUT2D eigenvalue weighted by Gasteiger charge is -2.48. The molecule has 4 heteroatoms. The van der Waals surface area contributed by atoms with Gasteiger partial charge in [0.1, 0.15) is 0 Å². The fourth-order valence-electron chi connectivity index (χ4n) is 12.1. The van der Waals surface area contributed by atoms with Crippen LogP contribution in [0.25, 0.3) is 22.3 Å². The van der Waals surface area contributed by atoms with Crippen molar-refractivity contribution in [2.24, 2.45) is 0 Å². The van der Waals surface area contributed by atoms with Crippen LogP contribution in [-0.4, -0.2) is 0 Å². The number of nitrogens with zero attached hydrogens (tertiary/aromatic N) is 4. The minimum Gasteiger partial charge on any atom is -0.310 e. The van der Waals surface area contributed by atoms with Gasteiger partial charge in [-0.15, -0.1) is 0 Å². The fraction of sp³-hybridized carbons (Fsp3) is 0.0137. The Morgan fingerprint density at radius 3 is 0.688 bits per heavy atom. The summed E-state index contributed by atoms with van der Waals surface area (Å²) in [5, 5.41) is 0. The van der Waals surface area contributed by atoms with Crippen LogP contribution < -0.4 is 19.6 Å². The topological polar surface area (TPSA) is 13.0 Å². The summed E-state index contributed by atoms with van der Waals surface area (Å²) >= 11 is 0. The number of hydrogen-bond acceptors (Lipinski definition) is 4. The van der Waals surface area contributed by atoms with Gasteiger partial charge in [-0.05, 0) is 190 Å². The van der Waals surface area contributed by atoms with Crippen molar-refractivity contribution >= 4 is 68.2 Å². The molecular weight excluding hydrogens is 933 g/mol. The molecule has 0 radical (unpaired) electrons. The van der Waals surface area contributed by atoms with Crippen LogP contribution in [0.5, 0.6) is 0 Å². The molecule has 1 spiro atoms. The Kier molecular flexibility index (Phi) is 11.4. The number of anilines is 12. The minimum absolute atomic E-state index is 0.953. The second-order valence-electron chi connectivity index (χ2n) is 19.7. The molecule has 2 aliphatic carbocycles. The van der Waals surface area contributed by atoms with Crippen LogP contribution in [0.15, 0.2) is 315 Å². The van der Waals surface area contributed by atoms with Crippen molar-refractivity contribution in [3.05, 3.63) is 338 Å². The standard InChI is InChI=1S/C73H52N4/c1-9-25-55(26-10-1)74(56-27-11-2-12-28-56)63-43-45-65-53-41-47-71(76(59-33-17-5-18-34-59)60-35-19-6-20-36-60)69(49-53)73(67(65)51-63)68-52-64(75(57-29-13-3-14-30-57)58-31-15-4-16-32-58)44-46-66(68)54-42-48-72(70(73)50-54)77(61-37-21-7-22-38-61)62-39-23-8-24-40-62/h1-52H. The molecule has 2 aliphatic rings. The van der Waals surface area contributed by atoms with Gasteiger partial charge >= 0.3 is 0 Å². The predicted molar refractivity (Wildman–Crippen MR) is 321 cm³/mol. The number of rotatable bonds is 12. The van der Waals surface area contributed by atoms with Crippen LogP contribution >= 0.6 is 0 Å². The Balaban J connectivity index is 1.16. The van der Waals surface area contributed by atoms with Crippen LogP contribution in [0.4, 0.5) is 68.2 Å². The summed E-state index contributed by atoms with van der Waals surface area (Å²) in [6.45, 7) is 0. The zero-order valence-corrected chi connectivity index (χ0v) is 42.3. The van der Waals surface area contributed by atoms with Crippen molar-refractivity contribution in [2.75, 3.05) is 19.6 Å². The van der Waals surface area contributed by atoms with Crippen LogP contribution in [0.3, 0.4) is 0 Å². The van der Waals surface area contributed by atoms with E-state index in [4.69, 9.17) is 0 Å². The van der Waals surface area contributed by atoms with Gasteiger partial charge in [-0.25, -0.2) is 0 Å². The van der Waals surface area contributed by atoms with E-state index in [1.165, 1.54) is 44.5 Å². The maximum Gasteiger partial charge on any atom is 0.0756 e. The van der Waals surface area contributed by atoms with E-state index in [-0.39, 0.29) is 0 Å². The highest BCUT2D eigenvalue weighted by atomic mass is 15.2. The van der Waals surface area contributed by atoms with E-state index in [9.17, 15) is 0 Å². The summed E-state index contributed by atoms with van der Waals surface area (Å²) in [4.78, 5) is 9.73. The molecule has 0 unspecified atom stereocenters. The van der Waals surface area contributed by atoms with Crippen molar-refractivity contribution in [3.63, 3.8) is 0 Å². The molecule has 0 heterocycles. The molecule has 0 N–H and O–H groups in total. The van der Waals surface area contributed by atoms with Crippen LogP contribution in [0, 0.1) is 0 Å². The zero-order valence-electron chi connectivity index (χ0n) is 42.3. The van der Waals surface area contributed by atoms with Crippen molar-refractivity contribution < 1.29 is 0 Å². The molecule has 0 saturated heterocycles. The number of benzene rings is 12. The normalized spacial score (nSPS) is 12.3. The van der Waals surface area contributed by atoms with Gasteiger partial charge in [0, 0.05) is 56.9 Å². The quantitative estimate of drug-likeness (QED) is 0.121. The molecule has 0 saturated carbocycles. The van der Waals surface area contributed by atoms with Gasteiger partial charge in [0.2, 0.25) is 0 Å². The number of para-hydroxylation sites is 8. The SMILES string of the molecule is c1ccc(N(c2ccccc2)c2ccc3c(c2)C2(c4cc(N(c5ccccc5)c5ccccc5)ccc4-c4ccc(N(c5ccccc5)c5ccccc5)c2c4)c2cc-3ccc2N(c2ccccc2)c2ccccc2)cc1. The van der Waals surface area contributed by atoms with E-state index >= 15 is 0 Å². The van der Waals surface area contributed by atoms with E-state index in [0.29, 0.717) is 0 Å². The molecule has 4 nitrogen and oxygen atoms in total. The average molecular weight is 985 g/mol. The lowest BCUT2D eigenvalue weighted by atomic mass is 9.56. The predicted octanol–water partition coefficient (Wildman–Crippen LogP) is 19.9. The minimum atomic E-state index is -0.953. The molecule has 0 atom stereocenters. The Hall–Kier alpha value is -10.2. The van der Waals surface area contributed by atoms with E-state index in [1.807, 2.05) is 0 Å². The van der Waals surface area contributed by atoms with Gasteiger partial charge in [0.25, 0.3) is 0 Å². The second kappa shape index (κ2) is 19.3. The first-order valence-corrected chi connectivity index (χ1v) is 26.4. The highest BCUT2D eigenvalue weighted by molar-refractivity contribution is 5.98. The van der Waals surface area contributed by atoms with Gasteiger partial charge in [0.15, 0.2) is 0 Å². The van der Waals surface area contributed by atoms with Crippen molar-refractivity contribution in [1.82, 2.24) is 0 Å². The van der Waals surface area contributed by atoms with Crippen LogP contribution in [-0.2, 0) is 5.41 Å². The maximum atomic E-state index is 2.51. The summed E-state index contributed by atoms with van der Waals surface area (Å²) in [6.07, 6.45) is 0. The third-order valence-electron chi connectivity index (χ3n) is 15.4. The summed E-state index contributed by atoms with van der Waals surface area (Å²) < 4.78 is 0. The molecule has 12 aromatic rings. The van der Waals surface area contributed by atoms with E-state index in [1.54, 1.807) is 0 Å². The first kappa shape index (κ1) is 45.5. The summed E-state index contributed by atoms with van der Waals surface area (Å²) in [5.74, 6) is 0. The monoisotopic (exact) mass is 984 g/mol. The lowest BCUT2D eigenvalue weighted by molar-refractivity contribution is 0.735. The Labute approximate surface area is 450 Å². The van der Waals surface area contributed by atoms with E-state index in [0.717, 1.165) is 68.2 Å². The van der Waals surface area contributed by atoms with Gasteiger partial charge in [-0.2, -0.15) is 0 Å². The highest BCUT2D eigenvalue weighted by Crippen LogP contribution is 2.63. The molecule has 14 rings (SSSR count). The van der Waals surface area contributed by atoms with Gasteiger partial charge in [-0.3, -0.25) is 0 Å². The summed E-state index contributed by atoms with van der Waals surface area (Å²) in [6, 6.07) is 115. The third kappa shape index (κ3) is 7.77. The van der Waals surface area contributed by atoms with Crippen molar-refractivity contribution in [3.8, 4) is 22.3 Å². The zero-order chi connectivity index (χ0) is 51.1. The van der Waals surface area contributed by atoms with E-state index < -0.39 is 5.41 Å². The van der Waals surface area contributed by atoms with Gasteiger partial charge in [-0.1, -0.05) is 170 Å². The maximum absolute atomic E-state index is 2.51. The van der Waals surface area contributed by atoms with E-state index in [2.05, 4.69) is 335 Å². The molecule has 12 aromatic carbocycles. The smallest absolute Gasteiger partial charge is 0.0756 e. The molecule has 364 valence electrons. The second-order valence-corrected chi connectivity index (χ2v) is 19.7. The Morgan fingerprint density at radius 2 is 0.429 bits per heavy atom. The molecule has 4 bridgehead atoms. The molecule has 0 fully saturated rings. The largest absolute Gasteiger partial charge is 0.310 e. The van der Waals surface area contributed by atoms with Crippen molar-refractivity contribution in [1.29, 1.82) is 0 Å². The summed E-state index contributed by atoms with van der Waals surface area (Å²) in [5.41, 5.74) is 21.4. The third-order valence-corrected chi connectivity index (χ3v) is 15.4. The van der Waals surface area contributed by atoms with Crippen LogP contribution in [0.1, 0.15) is 22.3 Å². The molecule has 77 heavy (non-hydrogen) atoms. The Morgan fingerprint density at radius 1 is 0.182 bits per heavy atom. The van der Waals surface area contributed by atoms with Gasteiger partial charge < -0.3 is 19.6 Å². The fourth-order valence-corrected chi connectivity index (χ4v) is 12.1. The molecule has 0 aliphatic heterocycles. The molecule has 0 aromatic heterocycles. The lowest BCUT2D eigenvalue weighted by Crippen LogP contribution is -2.38. The first-order valence-electron chi connectivity index (χ1n) is 26.4. The van der Waals surface area contributed by atoms with Gasteiger partial charge in [0.05, 0.1) is 16.8 Å². The average Bonchev–Trinajstić information content (AvgIpc) is 3.69.